The number of primary sulfonamides is 3. The summed E-state index contributed by atoms with van der Waals surface area (Å²) in [7, 11) is -25.0. The number of tetrazole rings is 3. The third-order valence-electron chi connectivity index (χ3n) is 17.6. The highest BCUT2D eigenvalue weighted by atomic mass is 32.2. The number of sulfonamides is 3. The van der Waals surface area contributed by atoms with E-state index < -0.39 is 74.3 Å². The maximum absolute atomic E-state index is 13.1. The number of nitrogens with one attached hydrogen (secondary N) is 6. The van der Waals surface area contributed by atoms with Gasteiger partial charge in [0, 0.05) is 74.1 Å². The Morgan fingerprint density at radius 3 is 0.767 bits per heavy atom. The van der Waals surface area contributed by atoms with Gasteiger partial charge in [-0.1, -0.05) is 18.2 Å². The molecule has 3 aromatic carbocycles. The topological polar surface area (TPSA) is 560 Å². The average molecular weight is 1370 g/mol. The number of aromatic amines is 3. The Balaban J connectivity index is 0.000000148. The molecule has 492 valence electrons. The van der Waals surface area contributed by atoms with Crippen LogP contribution >= 0.6 is 0 Å². The Bertz CT molecular complexity index is 3800. The standard InChI is InChI=1S/3C17H25N7O4S2/c3*18-12-3-1-11(2-4-12)13-5-6-14(29(25,26)9-10-7-20-8-10)16(30(19,27)28)15(13)17-21-23-24-22-17/h3*5-6,10-12,20H,1-4,7-9,18H2,(H2,19,27,28)(H,21,22,23,24). The Morgan fingerprint density at radius 1 is 0.356 bits per heavy atom. The summed E-state index contributed by atoms with van der Waals surface area (Å²) in [6.45, 7) is 3.43. The van der Waals surface area contributed by atoms with Crippen molar-refractivity contribution >= 4 is 59.6 Å². The summed E-state index contributed by atoms with van der Waals surface area (Å²) >= 11 is 0. The van der Waals surface area contributed by atoms with Crippen LogP contribution in [-0.2, 0) is 59.6 Å². The molecule has 39 heteroatoms. The zero-order valence-corrected chi connectivity index (χ0v) is 53.7. The SMILES string of the molecule is NC1CCC(c2ccc(S(=O)(=O)CC3CNC3)c(S(N)(=O)=O)c2-c2nn[nH]n2)CC1.NC1CCC(c2ccc(S(=O)(=O)CC3CNC3)c(S(N)(=O)=O)c2-c2nn[nH]n2)CC1.NC1CCC(c2ccc(S(=O)(=O)CC3CNC3)c(S(N)(=O)=O)c2-c2nn[nH]n2)CC1. The molecule has 3 aliphatic carbocycles. The molecule has 6 aromatic rings. The van der Waals surface area contributed by atoms with Gasteiger partial charge in [0.1, 0.15) is 14.7 Å². The van der Waals surface area contributed by atoms with Gasteiger partial charge in [0.2, 0.25) is 47.5 Å². The van der Waals surface area contributed by atoms with Crippen LogP contribution in [0.15, 0.2) is 65.8 Å². The van der Waals surface area contributed by atoms with E-state index >= 15 is 0 Å². The predicted molar refractivity (Wildman–Crippen MR) is 326 cm³/mol. The lowest BCUT2D eigenvalue weighted by molar-refractivity contribution is 0.378. The molecule has 3 saturated heterocycles. The Morgan fingerprint density at radius 2 is 0.589 bits per heavy atom. The van der Waals surface area contributed by atoms with E-state index in [9.17, 15) is 50.5 Å². The summed E-state index contributed by atoms with van der Waals surface area (Å²) < 4.78 is 155. The first-order valence-electron chi connectivity index (χ1n) is 29.4. The van der Waals surface area contributed by atoms with Crippen LogP contribution in [0.3, 0.4) is 0 Å². The van der Waals surface area contributed by atoms with Crippen LogP contribution in [0.25, 0.3) is 34.2 Å². The van der Waals surface area contributed by atoms with E-state index in [1.165, 1.54) is 18.2 Å². The van der Waals surface area contributed by atoms with E-state index in [0.717, 1.165) is 77.0 Å². The highest BCUT2D eigenvalue weighted by Crippen LogP contribution is 2.46. The first-order valence-corrected chi connectivity index (χ1v) is 39.0. The molecule has 18 N–H and O–H groups in total. The quantitative estimate of drug-likeness (QED) is 0.0465. The van der Waals surface area contributed by atoms with Crippen molar-refractivity contribution in [2.75, 3.05) is 56.5 Å². The van der Waals surface area contributed by atoms with Crippen molar-refractivity contribution in [3.63, 3.8) is 0 Å². The Hall–Kier alpha value is -5.79. The predicted octanol–water partition coefficient (Wildman–Crippen LogP) is -1.52. The van der Waals surface area contributed by atoms with Crippen molar-refractivity contribution in [2.24, 2.45) is 50.4 Å². The first kappa shape index (κ1) is 67.1. The number of rotatable bonds is 18. The minimum atomic E-state index is -4.41. The summed E-state index contributed by atoms with van der Waals surface area (Å²) in [5, 5.41) is 66.9. The van der Waals surface area contributed by atoms with Gasteiger partial charge in [-0.15, -0.1) is 30.6 Å². The molecule has 6 heterocycles. The highest BCUT2D eigenvalue weighted by Gasteiger charge is 2.40. The van der Waals surface area contributed by atoms with Crippen molar-refractivity contribution in [2.45, 2.75) is 142 Å². The van der Waals surface area contributed by atoms with Crippen LogP contribution in [0.5, 0.6) is 0 Å². The minimum Gasteiger partial charge on any atom is -0.328 e. The van der Waals surface area contributed by atoms with Crippen molar-refractivity contribution < 1.29 is 50.5 Å². The molecule has 3 saturated carbocycles. The Labute approximate surface area is 521 Å². The number of hydrogen-bond donors (Lipinski definition) is 12. The smallest absolute Gasteiger partial charge is 0.240 e. The molecule has 12 rings (SSSR count). The van der Waals surface area contributed by atoms with E-state index in [-0.39, 0.29) is 120 Å². The Kier molecular flexibility index (Phi) is 20.2. The number of H-pyrrole nitrogens is 3. The lowest BCUT2D eigenvalue weighted by Gasteiger charge is -2.29. The maximum atomic E-state index is 13.1. The monoisotopic (exact) mass is 1370 g/mol. The van der Waals surface area contributed by atoms with E-state index in [1.54, 1.807) is 18.2 Å². The number of benzene rings is 3. The molecular formula is C51H75N21O12S6. The van der Waals surface area contributed by atoms with Crippen LogP contribution in [0.1, 0.15) is 111 Å². The molecular weight excluding hydrogens is 1290 g/mol. The molecule has 3 aliphatic heterocycles. The van der Waals surface area contributed by atoms with Crippen molar-refractivity contribution in [1.29, 1.82) is 0 Å². The molecule has 33 nitrogen and oxygen atoms in total. The number of nitrogens with zero attached hydrogens (tertiary/aromatic N) is 9. The maximum Gasteiger partial charge on any atom is 0.240 e. The summed E-state index contributed by atoms with van der Waals surface area (Å²) in [5.41, 5.74) is 20.3. The summed E-state index contributed by atoms with van der Waals surface area (Å²) in [4.78, 5) is -2.30. The van der Waals surface area contributed by atoms with Gasteiger partial charge in [0.25, 0.3) is 0 Å². The second-order valence-corrected chi connectivity index (χ2v) is 34.7. The second kappa shape index (κ2) is 27.0. The molecule has 6 fully saturated rings. The molecule has 6 aliphatic rings. The summed E-state index contributed by atoms with van der Waals surface area (Å²) in [6, 6.07) is 9.35. The normalized spacial score (nSPS) is 23.3. The fourth-order valence-corrected chi connectivity index (χ4v) is 22.5. The van der Waals surface area contributed by atoms with Gasteiger partial charge in [-0.25, -0.2) is 65.9 Å². The number of aromatic nitrogens is 12. The lowest BCUT2D eigenvalue weighted by atomic mass is 9.80. The van der Waals surface area contributed by atoms with Crippen LogP contribution in [0.4, 0.5) is 0 Å². The number of hydrogen-bond acceptors (Lipinski definition) is 27. The molecule has 0 spiro atoms. The highest BCUT2D eigenvalue weighted by molar-refractivity contribution is 7.94. The van der Waals surface area contributed by atoms with E-state index in [2.05, 4.69) is 77.8 Å². The van der Waals surface area contributed by atoms with Gasteiger partial charge in [0.05, 0.1) is 31.9 Å². The van der Waals surface area contributed by atoms with Crippen LogP contribution < -0.4 is 48.6 Å². The van der Waals surface area contributed by atoms with Gasteiger partial charge in [-0.3, -0.25) is 0 Å². The molecule has 0 unspecified atom stereocenters. The molecule has 90 heavy (non-hydrogen) atoms. The van der Waals surface area contributed by atoms with Gasteiger partial charge in [-0.05, 0) is 163 Å². The van der Waals surface area contributed by atoms with Gasteiger partial charge >= 0.3 is 0 Å². The van der Waals surface area contributed by atoms with Crippen LogP contribution in [0.2, 0.25) is 0 Å². The first-order chi connectivity index (χ1) is 42.5. The lowest BCUT2D eigenvalue weighted by Crippen LogP contribution is -2.45. The van der Waals surface area contributed by atoms with Crippen LogP contribution in [0, 0.1) is 17.8 Å². The second-order valence-electron chi connectivity index (χ2n) is 24.2. The van der Waals surface area contributed by atoms with Gasteiger partial charge in [0.15, 0.2) is 29.5 Å². The zero-order chi connectivity index (χ0) is 64.6. The van der Waals surface area contributed by atoms with Crippen LogP contribution in [-0.4, -0.2) is 187 Å². The molecule has 0 radical (unpaired) electrons. The van der Waals surface area contributed by atoms with E-state index in [1.807, 2.05) is 0 Å². The van der Waals surface area contributed by atoms with Crippen molar-refractivity contribution in [3.05, 3.63) is 53.1 Å². The van der Waals surface area contributed by atoms with Crippen molar-refractivity contribution in [3.8, 4) is 34.2 Å². The molecule has 0 amide bonds. The summed E-state index contributed by atoms with van der Waals surface area (Å²) in [6.07, 6.45) is 9.20. The van der Waals surface area contributed by atoms with Gasteiger partial charge < -0.3 is 33.2 Å². The van der Waals surface area contributed by atoms with E-state index in [0.29, 0.717) is 56.0 Å². The fourth-order valence-electron chi connectivity index (χ4n) is 12.7. The molecule has 0 atom stereocenters. The fraction of sp³-hybridized carbons (Fsp3) is 0.588. The number of nitrogens with two attached hydrogens (primary N) is 6. The third-order valence-corrected chi connectivity index (χ3v) is 26.8. The zero-order valence-electron chi connectivity index (χ0n) is 48.8. The molecule has 3 aromatic heterocycles. The minimum absolute atomic E-state index is 0.00579. The van der Waals surface area contributed by atoms with Crippen molar-refractivity contribution in [1.82, 2.24) is 77.8 Å². The third kappa shape index (κ3) is 15.1. The van der Waals surface area contributed by atoms with E-state index in [4.69, 9.17) is 32.6 Å². The number of sulfone groups is 3. The molecule has 0 bridgehead atoms. The largest absolute Gasteiger partial charge is 0.328 e. The van der Waals surface area contributed by atoms with Gasteiger partial charge in [-0.2, -0.15) is 15.6 Å². The summed E-state index contributed by atoms with van der Waals surface area (Å²) in [5.74, 6) is -0.707. The average Bonchev–Trinajstić information content (AvgIpc) is 1.03.